The van der Waals surface area contributed by atoms with E-state index in [1.54, 1.807) is 6.07 Å². The van der Waals surface area contributed by atoms with Crippen molar-refractivity contribution in [2.75, 3.05) is 7.11 Å². The molecule has 1 aliphatic rings. The number of carbonyl (C=O) groups is 2. The van der Waals surface area contributed by atoms with E-state index in [4.69, 9.17) is 4.74 Å². The van der Waals surface area contributed by atoms with Crippen LogP contribution in [0.2, 0.25) is 0 Å². The number of methoxy groups -OCH3 is 1. The molecule has 106 valence electrons. The smallest absolute Gasteiger partial charge is 0.387 e. The molecule has 1 heterocycles. The Morgan fingerprint density at radius 2 is 2.05 bits per heavy atom. The van der Waals surface area contributed by atoms with Gasteiger partial charge in [-0.2, -0.15) is 8.78 Å². The Hall–Kier alpha value is -2.09. The number of nitrogens with one attached hydrogen (secondary N) is 1. The zero-order chi connectivity index (χ0) is 14.7. The summed E-state index contributed by atoms with van der Waals surface area (Å²) in [5.41, 5.74) is 0.439. The quantitative estimate of drug-likeness (QED) is 0.866. The maximum atomic E-state index is 12.3. The highest BCUT2D eigenvalue weighted by Crippen LogP contribution is 2.32. The van der Waals surface area contributed by atoms with E-state index in [1.165, 1.54) is 25.3 Å². The minimum atomic E-state index is -2.99. The van der Waals surface area contributed by atoms with Crippen LogP contribution in [0, 0.1) is 0 Å². The SMILES string of the molecule is COc1ccc(C=C2SC(=O)NC2=O)cc1OC(F)F. The summed E-state index contributed by atoms with van der Waals surface area (Å²) in [5.74, 6) is -0.522. The lowest BCUT2D eigenvalue weighted by Crippen LogP contribution is -2.17. The van der Waals surface area contributed by atoms with Gasteiger partial charge in [-0.25, -0.2) is 0 Å². The summed E-state index contributed by atoms with van der Waals surface area (Å²) in [6.07, 6.45) is 1.41. The van der Waals surface area contributed by atoms with Crippen molar-refractivity contribution in [2.45, 2.75) is 6.61 Å². The van der Waals surface area contributed by atoms with Crippen LogP contribution in [-0.2, 0) is 4.79 Å². The molecule has 1 aromatic rings. The Bertz CT molecular complexity index is 589. The molecule has 0 radical (unpaired) electrons. The van der Waals surface area contributed by atoms with Crippen LogP contribution in [0.1, 0.15) is 5.56 Å². The predicted molar refractivity (Wildman–Crippen MR) is 68.7 cm³/mol. The van der Waals surface area contributed by atoms with E-state index in [9.17, 15) is 18.4 Å². The second-order valence-electron chi connectivity index (χ2n) is 3.64. The average Bonchev–Trinajstić information content (AvgIpc) is 2.67. The van der Waals surface area contributed by atoms with Crippen LogP contribution in [0.25, 0.3) is 6.08 Å². The minimum Gasteiger partial charge on any atom is -0.493 e. The topological polar surface area (TPSA) is 64.6 Å². The minimum absolute atomic E-state index is 0.145. The summed E-state index contributed by atoms with van der Waals surface area (Å²) < 4.78 is 33.8. The Balaban J connectivity index is 2.31. The maximum absolute atomic E-state index is 12.3. The molecule has 0 saturated carbocycles. The highest BCUT2D eigenvalue weighted by molar-refractivity contribution is 8.18. The molecule has 2 rings (SSSR count). The van der Waals surface area contributed by atoms with Crippen molar-refractivity contribution < 1.29 is 27.8 Å². The van der Waals surface area contributed by atoms with Crippen LogP contribution in [0.4, 0.5) is 13.6 Å². The fourth-order valence-corrected chi connectivity index (χ4v) is 2.23. The first-order valence-electron chi connectivity index (χ1n) is 5.37. The number of alkyl halides is 2. The number of ether oxygens (including phenoxy) is 2. The molecule has 1 N–H and O–H groups in total. The third-order valence-corrected chi connectivity index (χ3v) is 3.15. The molecule has 0 atom stereocenters. The second-order valence-corrected chi connectivity index (χ2v) is 4.66. The third kappa shape index (κ3) is 3.27. The van der Waals surface area contributed by atoms with Gasteiger partial charge in [-0.05, 0) is 35.5 Å². The van der Waals surface area contributed by atoms with Crippen molar-refractivity contribution in [3.63, 3.8) is 0 Å². The lowest BCUT2D eigenvalue weighted by Gasteiger charge is -2.10. The maximum Gasteiger partial charge on any atom is 0.387 e. The molecule has 0 aromatic heterocycles. The normalized spacial score (nSPS) is 16.7. The van der Waals surface area contributed by atoms with Crippen LogP contribution in [0.15, 0.2) is 23.1 Å². The van der Waals surface area contributed by atoms with Crippen LogP contribution in [0.3, 0.4) is 0 Å². The Kier molecular flexibility index (Phi) is 4.23. The van der Waals surface area contributed by atoms with Gasteiger partial charge in [0.1, 0.15) is 0 Å². The van der Waals surface area contributed by atoms with Gasteiger partial charge < -0.3 is 9.47 Å². The van der Waals surface area contributed by atoms with Gasteiger partial charge in [0.25, 0.3) is 11.1 Å². The second kappa shape index (κ2) is 5.91. The van der Waals surface area contributed by atoms with Gasteiger partial charge >= 0.3 is 6.61 Å². The highest BCUT2D eigenvalue weighted by Gasteiger charge is 2.25. The summed E-state index contributed by atoms with van der Waals surface area (Å²) in [7, 11) is 1.32. The molecular formula is C12H9F2NO4S. The van der Waals surface area contributed by atoms with Gasteiger partial charge in [0.15, 0.2) is 11.5 Å². The summed E-state index contributed by atoms with van der Waals surface area (Å²) in [4.78, 5) is 22.6. The molecule has 1 fully saturated rings. The largest absolute Gasteiger partial charge is 0.493 e. The zero-order valence-corrected chi connectivity index (χ0v) is 11.0. The van der Waals surface area contributed by atoms with E-state index >= 15 is 0 Å². The summed E-state index contributed by atoms with van der Waals surface area (Å²) >= 11 is 0.740. The zero-order valence-electron chi connectivity index (χ0n) is 10.2. The van der Waals surface area contributed by atoms with E-state index in [-0.39, 0.29) is 16.4 Å². The van der Waals surface area contributed by atoms with Crippen molar-refractivity contribution in [1.29, 1.82) is 0 Å². The van der Waals surface area contributed by atoms with Crippen LogP contribution in [0.5, 0.6) is 11.5 Å². The average molecular weight is 301 g/mol. The lowest BCUT2D eigenvalue weighted by atomic mass is 10.2. The van der Waals surface area contributed by atoms with Crippen molar-refractivity contribution in [3.05, 3.63) is 28.7 Å². The number of thioether (sulfide) groups is 1. The van der Waals surface area contributed by atoms with Crippen LogP contribution >= 0.6 is 11.8 Å². The standard InChI is InChI=1S/C12H9F2NO4S/c1-18-7-3-2-6(4-8(7)19-11(13)14)5-9-10(16)15-12(17)20-9/h2-5,11H,1H3,(H,15,16,17). The first kappa shape index (κ1) is 14.3. The summed E-state index contributed by atoms with van der Waals surface area (Å²) in [5, 5.41) is 1.62. The first-order valence-corrected chi connectivity index (χ1v) is 6.19. The Labute approximate surface area is 116 Å². The molecule has 2 amide bonds. The number of halogens is 2. The number of imide groups is 1. The molecule has 1 saturated heterocycles. The van der Waals surface area contributed by atoms with Crippen molar-refractivity contribution in [2.24, 2.45) is 0 Å². The lowest BCUT2D eigenvalue weighted by molar-refractivity contribution is -0.115. The van der Waals surface area contributed by atoms with E-state index in [1.807, 2.05) is 0 Å². The molecule has 1 aromatic carbocycles. The number of hydrogen-bond acceptors (Lipinski definition) is 5. The molecule has 0 unspecified atom stereocenters. The van der Waals surface area contributed by atoms with Crippen molar-refractivity contribution in [3.8, 4) is 11.5 Å². The molecule has 0 spiro atoms. The van der Waals surface area contributed by atoms with Gasteiger partial charge in [-0.3, -0.25) is 14.9 Å². The first-order chi connectivity index (χ1) is 9.49. The molecule has 0 bridgehead atoms. The molecule has 5 nitrogen and oxygen atoms in total. The number of hydrogen-bond donors (Lipinski definition) is 1. The third-order valence-electron chi connectivity index (χ3n) is 2.34. The van der Waals surface area contributed by atoms with E-state index in [2.05, 4.69) is 10.1 Å². The fourth-order valence-electron chi connectivity index (χ4n) is 1.54. The Morgan fingerprint density at radius 3 is 2.60 bits per heavy atom. The van der Waals surface area contributed by atoms with Crippen molar-refractivity contribution in [1.82, 2.24) is 5.32 Å². The van der Waals surface area contributed by atoms with E-state index < -0.39 is 17.8 Å². The Morgan fingerprint density at radius 1 is 1.30 bits per heavy atom. The highest BCUT2D eigenvalue weighted by atomic mass is 32.2. The van der Waals surface area contributed by atoms with Crippen LogP contribution in [-0.4, -0.2) is 24.9 Å². The van der Waals surface area contributed by atoms with Gasteiger partial charge in [-0.15, -0.1) is 0 Å². The molecule has 0 aliphatic carbocycles. The molecule has 1 aliphatic heterocycles. The van der Waals surface area contributed by atoms with Crippen LogP contribution < -0.4 is 14.8 Å². The van der Waals surface area contributed by atoms with E-state index in [0.29, 0.717) is 5.56 Å². The van der Waals surface area contributed by atoms with Gasteiger partial charge in [-0.1, -0.05) is 6.07 Å². The van der Waals surface area contributed by atoms with Gasteiger partial charge in [0, 0.05) is 0 Å². The number of benzene rings is 1. The van der Waals surface area contributed by atoms with Crippen molar-refractivity contribution >= 4 is 29.0 Å². The van der Waals surface area contributed by atoms with Gasteiger partial charge in [0.2, 0.25) is 0 Å². The monoisotopic (exact) mass is 301 g/mol. The predicted octanol–water partition coefficient (Wildman–Crippen LogP) is 2.62. The molecule has 8 heteroatoms. The summed E-state index contributed by atoms with van der Waals surface area (Å²) in [6, 6.07) is 4.29. The fraction of sp³-hybridized carbons (Fsp3) is 0.167. The van der Waals surface area contributed by atoms with Gasteiger partial charge in [0.05, 0.1) is 12.0 Å². The number of carbonyl (C=O) groups excluding carboxylic acids is 2. The molecular weight excluding hydrogens is 292 g/mol. The number of rotatable bonds is 4. The molecule has 20 heavy (non-hydrogen) atoms. The summed E-state index contributed by atoms with van der Waals surface area (Å²) in [6.45, 7) is -2.99. The van der Waals surface area contributed by atoms with E-state index in [0.717, 1.165) is 11.8 Å². The number of amides is 2.